The fraction of sp³-hybridized carbons (Fsp3) is 0.286. The van der Waals surface area contributed by atoms with Gasteiger partial charge in [0, 0.05) is 0 Å². The molecule has 0 heterocycles. The van der Waals surface area contributed by atoms with Gasteiger partial charge in [-0.2, -0.15) is 0 Å². The van der Waals surface area contributed by atoms with Gasteiger partial charge in [0.25, 0.3) is 5.91 Å². The summed E-state index contributed by atoms with van der Waals surface area (Å²) >= 11 is 5.57. The van der Waals surface area contributed by atoms with Crippen molar-refractivity contribution >= 4 is 23.4 Å². The first-order valence-corrected chi connectivity index (χ1v) is 6.35. The van der Waals surface area contributed by atoms with Gasteiger partial charge < -0.3 is 15.8 Å². The minimum Gasteiger partial charge on any atom is -0.480 e. The number of nitrogens with two attached hydrogens (primary N) is 1. The lowest BCUT2D eigenvalue weighted by Crippen LogP contribution is -2.29. The smallest absolute Gasteiger partial charge is 0.252 e. The molecule has 0 saturated carbocycles. The van der Waals surface area contributed by atoms with Gasteiger partial charge in [0.1, 0.15) is 17.7 Å². The number of rotatable bonds is 5. The Balaban J connectivity index is 2.42. The molecule has 0 saturated heterocycles. The van der Waals surface area contributed by atoms with Crippen LogP contribution in [-0.4, -0.2) is 30.3 Å². The molecule has 1 atom stereocenters. The molecule has 0 aliphatic heterocycles. The molecule has 6 heteroatoms. The zero-order valence-corrected chi connectivity index (χ0v) is 11.7. The standard InChI is InChI=1S/C14H15ClN2O3/c1-10(15)14(19)17-8-4-5-9-20-12-7-3-2-6-11(12)13(16)18/h2-3,6-7,10H,8-9H2,1H3,(H2,16,18)(H,17,19). The van der Waals surface area contributed by atoms with Crippen LogP contribution in [0.2, 0.25) is 0 Å². The maximum atomic E-state index is 11.1. The molecule has 0 aromatic heterocycles. The van der Waals surface area contributed by atoms with E-state index in [0.717, 1.165) is 0 Å². The van der Waals surface area contributed by atoms with Crippen molar-refractivity contribution in [2.75, 3.05) is 13.2 Å². The van der Waals surface area contributed by atoms with E-state index in [0.29, 0.717) is 11.3 Å². The molecule has 2 amide bonds. The second-order valence-electron chi connectivity index (χ2n) is 3.84. The van der Waals surface area contributed by atoms with Gasteiger partial charge >= 0.3 is 0 Å². The van der Waals surface area contributed by atoms with Crippen molar-refractivity contribution in [2.45, 2.75) is 12.3 Å². The molecule has 1 aromatic rings. The van der Waals surface area contributed by atoms with E-state index in [4.69, 9.17) is 22.1 Å². The second kappa shape index (κ2) is 8.08. The predicted molar refractivity (Wildman–Crippen MR) is 76.6 cm³/mol. The van der Waals surface area contributed by atoms with E-state index in [9.17, 15) is 9.59 Å². The van der Waals surface area contributed by atoms with Crippen molar-refractivity contribution in [3.63, 3.8) is 0 Å². The summed E-state index contributed by atoms with van der Waals surface area (Å²) in [6.45, 7) is 1.86. The zero-order valence-electron chi connectivity index (χ0n) is 11.0. The average molecular weight is 295 g/mol. The normalized spacial score (nSPS) is 10.9. The lowest BCUT2D eigenvalue weighted by atomic mass is 10.2. The fourth-order valence-electron chi connectivity index (χ4n) is 1.30. The second-order valence-corrected chi connectivity index (χ2v) is 4.49. The Labute approximate surface area is 122 Å². The highest BCUT2D eigenvalue weighted by molar-refractivity contribution is 6.30. The molecule has 0 bridgehead atoms. The van der Waals surface area contributed by atoms with Crippen LogP contribution in [0.5, 0.6) is 5.75 Å². The molecule has 0 spiro atoms. The molecule has 20 heavy (non-hydrogen) atoms. The van der Waals surface area contributed by atoms with Crippen molar-refractivity contribution in [3.8, 4) is 17.6 Å². The number of carbonyl (C=O) groups is 2. The number of carbonyl (C=O) groups excluding carboxylic acids is 2. The molecule has 5 nitrogen and oxygen atoms in total. The predicted octanol–water partition coefficient (Wildman–Crippen LogP) is 0.911. The van der Waals surface area contributed by atoms with Crippen LogP contribution in [0.25, 0.3) is 0 Å². The van der Waals surface area contributed by atoms with E-state index in [1.165, 1.54) is 0 Å². The third-order valence-corrected chi connectivity index (χ3v) is 2.49. The molecule has 1 rings (SSSR count). The van der Waals surface area contributed by atoms with Gasteiger partial charge in [-0.15, -0.1) is 11.6 Å². The summed E-state index contributed by atoms with van der Waals surface area (Å²) in [6, 6.07) is 6.64. The van der Waals surface area contributed by atoms with Crippen molar-refractivity contribution in [1.29, 1.82) is 0 Å². The number of halogens is 1. The maximum Gasteiger partial charge on any atom is 0.252 e. The quantitative estimate of drug-likeness (QED) is 0.625. The van der Waals surface area contributed by atoms with Gasteiger partial charge in [0.15, 0.2) is 0 Å². The highest BCUT2D eigenvalue weighted by Gasteiger charge is 2.07. The van der Waals surface area contributed by atoms with Crippen LogP contribution in [0.4, 0.5) is 0 Å². The topological polar surface area (TPSA) is 81.4 Å². The molecule has 0 aliphatic carbocycles. The third-order valence-electron chi connectivity index (χ3n) is 2.29. The van der Waals surface area contributed by atoms with E-state index in [1.54, 1.807) is 31.2 Å². The number of ether oxygens (including phenoxy) is 1. The number of primary amides is 1. The summed E-state index contributed by atoms with van der Waals surface area (Å²) in [7, 11) is 0. The lowest BCUT2D eigenvalue weighted by Gasteiger charge is -2.05. The average Bonchev–Trinajstić information content (AvgIpc) is 2.42. The molecular formula is C14H15ClN2O3. The van der Waals surface area contributed by atoms with E-state index in [-0.39, 0.29) is 19.1 Å². The summed E-state index contributed by atoms with van der Waals surface area (Å²) < 4.78 is 5.34. The number of amides is 2. The highest BCUT2D eigenvalue weighted by Crippen LogP contribution is 2.16. The first kappa shape index (κ1) is 15.9. The summed E-state index contributed by atoms with van der Waals surface area (Å²) in [5, 5.41) is 1.95. The van der Waals surface area contributed by atoms with Crippen molar-refractivity contribution in [2.24, 2.45) is 5.73 Å². The van der Waals surface area contributed by atoms with Gasteiger partial charge in [-0.25, -0.2) is 0 Å². The number of nitrogens with one attached hydrogen (secondary N) is 1. The van der Waals surface area contributed by atoms with Crippen LogP contribution in [0.3, 0.4) is 0 Å². The fourth-order valence-corrected chi connectivity index (χ4v) is 1.37. The molecule has 106 valence electrons. The van der Waals surface area contributed by atoms with Gasteiger partial charge in [-0.3, -0.25) is 9.59 Å². The Kier molecular flexibility index (Phi) is 6.41. The Hall–Kier alpha value is -2.19. The summed E-state index contributed by atoms with van der Waals surface area (Å²) in [5.41, 5.74) is 5.52. The van der Waals surface area contributed by atoms with Crippen molar-refractivity contribution < 1.29 is 14.3 Å². The summed E-state index contributed by atoms with van der Waals surface area (Å²) in [6.07, 6.45) is 0. The minimum atomic E-state index is -0.588. The van der Waals surface area contributed by atoms with E-state index < -0.39 is 11.3 Å². The Morgan fingerprint density at radius 2 is 2.10 bits per heavy atom. The molecule has 1 unspecified atom stereocenters. The third kappa shape index (κ3) is 5.21. The number of para-hydroxylation sites is 1. The largest absolute Gasteiger partial charge is 0.480 e. The van der Waals surface area contributed by atoms with Crippen LogP contribution >= 0.6 is 11.6 Å². The molecule has 3 N–H and O–H groups in total. The van der Waals surface area contributed by atoms with Gasteiger partial charge in [0.2, 0.25) is 5.91 Å². The van der Waals surface area contributed by atoms with Crippen molar-refractivity contribution in [3.05, 3.63) is 29.8 Å². The molecule has 1 aromatic carbocycles. The number of hydrogen-bond donors (Lipinski definition) is 2. The monoisotopic (exact) mass is 294 g/mol. The molecule has 0 radical (unpaired) electrons. The first-order chi connectivity index (χ1) is 9.52. The van der Waals surface area contributed by atoms with Crippen LogP contribution in [0.15, 0.2) is 24.3 Å². The number of alkyl halides is 1. The number of hydrogen-bond acceptors (Lipinski definition) is 3. The maximum absolute atomic E-state index is 11.1. The van der Waals surface area contributed by atoms with Gasteiger partial charge in [-0.05, 0) is 19.1 Å². The van der Waals surface area contributed by atoms with E-state index >= 15 is 0 Å². The Bertz CT molecular complexity index is 547. The van der Waals surface area contributed by atoms with Crippen LogP contribution < -0.4 is 15.8 Å². The van der Waals surface area contributed by atoms with Gasteiger partial charge in [0.05, 0.1) is 12.1 Å². The molecule has 0 fully saturated rings. The first-order valence-electron chi connectivity index (χ1n) is 5.91. The van der Waals surface area contributed by atoms with Crippen LogP contribution in [0.1, 0.15) is 17.3 Å². The zero-order chi connectivity index (χ0) is 15.0. The SMILES string of the molecule is CC(Cl)C(=O)NCC#CCOc1ccccc1C(N)=O. The van der Waals surface area contributed by atoms with Gasteiger partial charge in [-0.1, -0.05) is 24.0 Å². The molecule has 0 aliphatic rings. The van der Waals surface area contributed by atoms with Crippen LogP contribution in [-0.2, 0) is 4.79 Å². The van der Waals surface area contributed by atoms with E-state index in [1.807, 2.05) is 0 Å². The Morgan fingerprint density at radius 1 is 1.40 bits per heavy atom. The highest BCUT2D eigenvalue weighted by atomic mass is 35.5. The molecular weight excluding hydrogens is 280 g/mol. The van der Waals surface area contributed by atoms with Crippen molar-refractivity contribution in [1.82, 2.24) is 5.32 Å². The summed E-state index contributed by atoms with van der Waals surface area (Å²) in [5.74, 6) is 4.97. The van der Waals surface area contributed by atoms with Crippen LogP contribution in [0, 0.1) is 11.8 Å². The Morgan fingerprint density at radius 3 is 2.75 bits per heavy atom. The van der Waals surface area contributed by atoms with E-state index in [2.05, 4.69) is 17.2 Å². The minimum absolute atomic E-state index is 0.0938. The summed E-state index contributed by atoms with van der Waals surface area (Å²) in [4.78, 5) is 22.3. The number of benzene rings is 1. The lowest BCUT2D eigenvalue weighted by molar-refractivity contribution is -0.120.